The van der Waals surface area contributed by atoms with E-state index >= 15 is 0 Å². The molecule has 6 heteroatoms. The highest BCUT2D eigenvalue weighted by molar-refractivity contribution is 6.04. The van der Waals surface area contributed by atoms with Gasteiger partial charge >= 0.3 is 0 Å². The van der Waals surface area contributed by atoms with Crippen molar-refractivity contribution in [2.75, 3.05) is 23.9 Å². The van der Waals surface area contributed by atoms with Gasteiger partial charge in [0.25, 0.3) is 5.91 Å². The first-order valence-electron chi connectivity index (χ1n) is 8.33. The summed E-state index contributed by atoms with van der Waals surface area (Å²) in [6, 6.07) is 10.7. The van der Waals surface area contributed by atoms with Gasteiger partial charge in [-0.1, -0.05) is 6.07 Å². The Labute approximate surface area is 146 Å². The molecule has 1 aliphatic rings. The first-order valence-corrected chi connectivity index (χ1v) is 8.33. The minimum absolute atomic E-state index is 0.140. The van der Waals surface area contributed by atoms with Crippen LogP contribution in [0.5, 0.6) is 0 Å². The lowest BCUT2D eigenvalue weighted by Crippen LogP contribution is -2.35. The summed E-state index contributed by atoms with van der Waals surface area (Å²) in [7, 11) is 1.60. The summed E-state index contributed by atoms with van der Waals surface area (Å²) in [6.45, 7) is 1.11. The molecular formula is C19H21N3O3. The molecule has 0 unspecified atom stereocenters. The van der Waals surface area contributed by atoms with Gasteiger partial charge < -0.3 is 15.0 Å². The minimum Gasteiger partial charge on any atom is -0.380 e. The van der Waals surface area contributed by atoms with Gasteiger partial charge in [-0.05, 0) is 43.2 Å². The second-order valence-corrected chi connectivity index (χ2v) is 5.95. The summed E-state index contributed by atoms with van der Waals surface area (Å²) in [5, 5.41) is 2.81. The number of carbonyl (C=O) groups is 2. The fourth-order valence-electron chi connectivity index (χ4n) is 2.87. The molecule has 2 aromatic rings. The second-order valence-electron chi connectivity index (χ2n) is 5.95. The van der Waals surface area contributed by atoms with E-state index in [-0.39, 0.29) is 11.8 Å². The van der Waals surface area contributed by atoms with Crippen LogP contribution in [0.1, 0.15) is 35.2 Å². The van der Waals surface area contributed by atoms with Gasteiger partial charge in [-0.15, -0.1) is 0 Å². The Kier molecular flexibility index (Phi) is 5.40. The Balaban J connectivity index is 1.72. The van der Waals surface area contributed by atoms with E-state index in [1.54, 1.807) is 36.4 Å². The molecule has 1 aliphatic heterocycles. The molecule has 3 rings (SSSR count). The molecule has 2 heterocycles. The van der Waals surface area contributed by atoms with Crippen molar-refractivity contribution < 1.29 is 14.3 Å². The van der Waals surface area contributed by atoms with E-state index in [0.29, 0.717) is 24.4 Å². The maximum atomic E-state index is 12.5. The number of piperidine rings is 1. The molecule has 25 heavy (non-hydrogen) atoms. The molecule has 6 nitrogen and oxygen atoms in total. The molecule has 130 valence electrons. The lowest BCUT2D eigenvalue weighted by atomic mass is 10.1. The number of anilines is 2. The molecule has 1 fully saturated rings. The number of benzene rings is 1. The Morgan fingerprint density at radius 1 is 1.24 bits per heavy atom. The third-order valence-electron chi connectivity index (χ3n) is 4.19. The lowest BCUT2D eigenvalue weighted by Gasteiger charge is -2.26. The van der Waals surface area contributed by atoms with Crippen molar-refractivity contribution in [3.8, 4) is 0 Å². The molecule has 0 atom stereocenters. The summed E-state index contributed by atoms with van der Waals surface area (Å²) < 4.78 is 5.12. The van der Waals surface area contributed by atoms with Gasteiger partial charge in [0.1, 0.15) is 5.82 Å². The summed E-state index contributed by atoms with van der Waals surface area (Å²) in [4.78, 5) is 30.4. The second kappa shape index (κ2) is 7.90. The van der Waals surface area contributed by atoms with E-state index in [2.05, 4.69) is 10.3 Å². The Bertz CT molecular complexity index is 759. The van der Waals surface area contributed by atoms with E-state index in [9.17, 15) is 9.59 Å². The maximum Gasteiger partial charge on any atom is 0.256 e. The highest BCUT2D eigenvalue weighted by atomic mass is 16.5. The molecule has 0 radical (unpaired) electrons. The van der Waals surface area contributed by atoms with E-state index in [1.807, 2.05) is 18.2 Å². The van der Waals surface area contributed by atoms with Crippen molar-refractivity contribution in [1.29, 1.82) is 0 Å². The average Bonchev–Trinajstić information content (AvgIpc) is 2.64. The zero-order valence-electron chi connectivity index (χ0n) is 14.2. The van der Waals surface area contributed by atoms with E-state index in [1.165, 1.54) is 0 Å². The molecule has 1 aromatic heterocycles. The molecule has 0 saturated carbocycles. The standard InChI is InChI=1S/C19H21N3O3/c1-25-13-15-5-4-11-20-18(15)21-19(24)14-7-9-16(10-8-14)22-12-3-2-6-17(22)23/h4-5,7-11H,2-3,6,12-13H2,1H3,(H,20,21,24). The summed E-state index contributed by atoms with van der Waals surface area (Å²) in [5.74, 6) is 0.387. The number of hydrogen-bond acceptors (Lipinski definition) is 4. The van der Waals surface area contributed by atoms with Crippen LogP contribution >= 0.6 is 0 Å². The molecule has 2 amide bonds. The third kappa shape index (κ3) is 4.03. The number of amides is 2. The van der Waals surface area contributed by atoms with Crippen molar-refractivity contribution in [2.45, 2.75) is 25.9 Å². The van der Waals surface area contributed by atoms with Gasteiger partial charge in [0.05, 0.1) is 6.61 Å². The van der Waals surface area contributed by atoms with Gasteiger partial charge in [-0.25, -0.2) is 4.98 Å². The fraction of sp³-hybridized carbons (Fsp3) is 0.316. The smallest absolute Gasteiger partial charge is 0.256 e. The summed E-state index contributed by atoms with van der Waals surface area (Å²) in [6.07, 6.45) is 4.17. The normalized spacial score (nSPS) is 14.4. The van der Waals surface area contributed by atoms with Gasteiger partial charge in [-0.3, -0.25) is 9.59 Å². The number of ether oxygens (including phenoxy) is 1. The van der Waals surface area contributed by atoms with Crippen LogP contribution in [0.4, 0.5) is 11.5 Å². The van der Waals surface area contributed by atoms with Crippen molar-refractivity contribution in [2.24, 2.45) is 0 Å². The molecule has 0 bridgehead atoms. The first-order chi connectivity index (χ1) is 12.2. The zero-order valence-corrected chi connectivity index (χ0v) is 14.2. The number of rotatable bonds is 5. The molecule has 0 spiro atoms. The SMILES string of the molecule is COCc1cccnc1NC(=O)c1ccc(N2CCCCC2=O)cc1. The number of nitrogens with zero attached hydrogens (tertiary/aromatic N) is 2. The zero-order chi connectivity index (χ0) is 17.6. The summed E-state index contributed by atoms with van der Waals surface area (Å²) in [5.41, 5.74) is 2.16. The van der Waals surface area contributed by atoms with Crippen LogP contribution in [0.25, 0.3) is 0 Å². The van der Waals surface area contributed by atoms with Crippen molar-refractivity contribution >= 4 is 23.3 Å². The predicted octanol–water partition coefficient (Wildman–Crippen LogP) is 3.00. The number of pyridine rings is 1. The molecule has 0 aliphatic carbocycles. The number of aromatic nitrogens is 1. The van der Waals surface area contributed by atoms with Crippen LogP contribution < -0.4 is 10.2 Å². The minimum atomic E-state index is -0.243. The predicted molar refractivity (Wildman–Crippen MR) is 95.5 cm³/mol. The highest BCUT2D eigenvalue weighted by Crippen LogP contribution is 2.22. The summed E-state index contributed by atoms with van der Waals surface area (Å²) >= 11 is 0. The molecule has 1 saturated heterocycles. The Morgan fingerprint density at radius 2 is 2.04 bits per heavy atom. The lowest BCUT2D eigenvalue weighted by molar-refractivity contribution is -0.119. The Morgan fingerprint density at radius 3 is 2.76 bits per heavy atom. The van der Waals surface area contributed by atoms with E-state index < -0.39 is 0 Å². The quantitative estimate of drug-likeness (QED) is 0.909. The van der Waals surface area contributed by atoms with Crippen LogP contribution in [-0.4, -0.2) is 30.5 Å². The third-order valence-corrected chi connectivity index (χ3v) is 4.19. The van der Waals surface area contributed by atoms with Crippen LogP contribution in [0.15, 0.2) is 42.6 Å². The van der Waals surface area contributed by atoms with E-state index in [4.69, 9.17) is 4.74 Å². The van der Waals surface area contributed by atoms with Gasteiger partial charge in [0.15, 0.2) is 0 Å². The first kappa shape index (κ1) is 17.1. The van der Waals surface area contributed by atoms with E-state index in [0.717, 1.165) is 30.6 Å². The van der Waals surface area contributed by atoms with Gasteiger partial charge in [0.2, 0.25) is 5.91 Å². The average molecular weight is 339 g/mol. The van der Waals surface area contributed by atoms with Crippen molar-refractivity contribution in [1.82, 2.24) is 4.98 Å². The topological polar surface area (TPSA) is 71.5 Å². The fourth-order valence-corrected chi connectivity index (χ4v) is 2.87. The number of carbonyl (C=O) groups excluding carboxylic acids is 2. The van der Waals surface area contributed by atoms with Gasteiger partial charge in [-0.2, -0.15) is 0 Å². The monoisotopic (exact) mass is 339 g/mol. The van der Waals surface area contributed by atoms with Crippen molar-refractivity contribution in [3.63, 3.8) is 0 Å². The number of hydrogen-bond donors (Lipinski definition) is 1. The molecule has 1 N–H and O–H groups in total. The Hall–Kier alpha value is -2.73. The largest absolute Gasteiger partial charge is 0.380 e. The molecular weight excluding hydrogens is 318 g/mol. The van der Waals surface area contributed by atoms with Crippen LogP contribution in [0.3, 0.4) is 0 Å². The van der Waals surface area contributed by atoms with Crippen LogP contribution in [-0.2, 0) is 16.1 Å². The number of methoxy groups -OCH3 is 1. The molecule has 1 aromatic carbocycles. The van der Waals surface area contributed by atoms with Gasteiger partial charge in [0, 0.05) is 43.1 Å². The maximum absolute atomic E-state index is 12.5. The van der Waals surface area contributed by atoms with Crippen LogP contribution in [0.2, 0.25) is 0 Å². The van der Waals surface area contributed by atoms with Crippen molar-refractivity contribution in [3.05, 3.63) is 53.7 Å². The van der Waals surface area contributed by atoms with Crippen LogP contribution in [0, 0.1) is 0 Å². The highest BCUT2D eigenvalue weighted by Gasteiger charge is 2.19. The number of nitrogens with one attached hydrogen (secondary N) is 1.